The number of hydrogen-bond acceptors (Lipinski definition) is 14. The van der Waals surface area contributed by atoms with Gasteiger partial charge in [0.25, 0.3) is 0 Å². The number of carboxylic acid groups (broad SMARTS) is 1. The van der Waals surface area contributed by atoms with Gasteiger partial charge >= 0.3 is 5.97 Å². The zero-order valence-corrected chi connectivity index (χ0v) is 24.9. The van der Waals surface area contributed by atoms with Gasteiger partial charge in [-0.25, -0.2) is 4.79 Å². The lowest BCUT2D eigenvalue weighted by molar-refractivity contribution is -0.895. The number of aromatic amines is 1. The molecule has 3 fully saturated rings. The number of aliphatic carboxylic acids is 1. The van der Waals surface area contributed by atoms with E-state index in [4.69, 9.17) is 10.6 Å². The SMILES string of the molecule is CC(C)(O/N=C(\C(=O)C[C@@H]1C(=O)N2C(c3nn[nH]n3)=C(C[N+]3(C)C[C@H]4CNC[C@H]4C3)CS[C@H]12)c1nsc(N)n1)C(=O)O. The quantitative estimate of drug-likeness (QED) is 0.114. The van der Waals surface area contributed by atoms with Crippen molar-refractivity contribution in [2.75, 3.05) is 51.3 Å². The lowest BCUT2D eigenvalue weighted by Gasteiger charge is -2.50. The monoisotopic (exact) mass is 618 g/mol. The highest BCUT2D eigenvalue weighted by molar-refractivity contribution is 8.00. The van der Waals surface area contributed by atoms with Crippen LogP contribution >= 0.6 is 23.3 Å². The van der Waals surface area contributed by atoms with Crippen molar-refractivity contribution >= 4 is 57.5 Å². The first-order valence-electron chi connectivity index (χ1n) is 13.5. The number of oxime groups is 1. The largest absolute Gasteiger partial charge is 0.478 e. The number of thioether (sulfide) groups is 1. The molecule has 3 saturated heterocycles. The van der Waals surface area contributed by atoms with Crippen molar-refractivity contribution < 1.29 is 28.8 Å². The maximum atomic E-state index is 13.7. The fourth-order valence-electron chi connectivity index (χ4n) is 6.27. The second kappa shape index (κ2) is 10.7. The number of nitrogen functional groups attached to an aromatic ring is 1. The summed E-state index contributed by atoms with van der Waals surface area (Å²) in [4.78, 5) is 49.6. The summed E-state index contributed by atoms with van der Waals surface area (Å²) in [5.74, 6) is -0.481. The van der Waals surface area contributed by atoms with Crippen molar-refractivity contribution in [3.8, 4) is 0 Å². The van der Waals surface area contributed by atoms with Gasteiger partial charge in [-0.05, 0) is 19.1 Å². The molecule has 2 aromatic rings. The minimum Gasteiger partial charge on any atom is -0.478 e. The second-order valence-corrected chi connectivity index (χ2v) is 13.8. The third-order valence-electron chi connectivity index (χ3n) is 8.32. The Balaban J connectivity index is 1.23. The van der Waals surface area contributed by atoms with Crippen molar-refractivity contribution in [1.29, 1.82) is 0 Å². The summed E-state index contributed by atoms with van der Waals surface area (Å²) in [6.45, 7) is 7.59. The molecule has 18 heteroatoms. The summed E-state index contributed by atoms with van der Waals surface area (Å²) in [7, 11) is 2.27. The van der Waals surface area contributed by atoms with E-state index in [0.717, 1.165) is 54.3 Å². The van der Waals surface area contributed by atoms with Gasteiger partial charge in [-0.15, -0.1) is 22.0 Å². The van der Waals surface area contributed by atoms with Crippen LogP contribution in [0.2, 0.25) is 0 Å². The highest BCUT2D eigenvalue weighted by atomic mass is 32.2. The number of fused-ring (bicyclic) bond motifs is 2. The Hall–Kier alpha value is -3.48. The second-order valence-electron chi connectivity index (χ2n) is 12.0. The minimum absolute atomic E-state index is 0.0826. The molecule has 5 atom stereocenters. The molecule has 16 nitrogen and oxygen atoms in total. The number of aromatic nitrogens is 6. The van der Waals surface area contributed by atoms with Crippen LogP contribution in [-0.2, 0) is 19.2 Å². The molecular formula is C24H32N11O5S2+. The molecule has 1 amide bonds. The Morgan fingerprint density at radius 3 is 2.64 bits per heavy atom. The molecule has 0 aliphatic carbocycles. The summed E-state index contributed by atoms with van der Waals surface area (Å²) in [5.41, 5.74) is 5.46. The Morgan fingerprint density at radius 1 is 1.29 bits per heavy atom. The molecule has 0 saturated carbocycles. The first-order chi connectivity index (χ1) is 20.0. The fourth-order valence-corrected chi connectivity index (χ4v) is 8.11. The highest BCUT2D eigenvalue weighted by Crippen LogP contribution is 2.48. The number of β-lactam (4-membered cyclic amide) rings is 1. The van der Waals surface area contributed by atoms with E-state index in [-0.39, 0.29) is 34.4 Å². The van der Waals surface area contributed by atoms with E-state index in [1.54, 1.807) is 16.7 Å². The van der Waals surface area contributed by atoms with Crippen LogP contribution in [0.3, 0.4) is 0 Å². The number of quaternary nitrogens is 1. The molecule has 4 aliphatic heterocycles. The van der Waals surface area contributed by atoms with E-state index in [2.05, 4.69) is 47.5 Å². The Bertz CT molecular complexity index is 1460. The number of nitrogens with zero attached hydrogens (tertiary/aromatic N) is 8. The summed E-state index contributed by atoms with van der Waals surface area (Å²) in [6.07, 6.45) is -0.194. The van der Waals surface area contributed by atoms with Crippen molar-refractivity contribution in [3.05, 3.63) is 17.2 Å². The van der Waals surface area contributed by atoms with Crippen LogP contribution in [0.1, 0.15) is 31.9 Å². The number of hydrogen-bond donors (Lipinski definition) is 4. The minimum atomic E-state index is -1.71. The fraction of sp³-hybridized carbons (Fsp3) is 0.625. The Labute approximate surface area is 248 Å². The van der Waals surface area contributed by atoms with Crippen LogP contribution in [-0.4, -0.2) is 124 Å². The topological polar surface area (TPSA) is 215 Å². The first kappa shape index (κ1) is 28.6. The molecule has 224 valence electrons. The number of carboxylic acids is 1. The number of anilines is 1. The summed E-state index contributed by atoms with van der Waals surface area (Å²) in [5, 5.41) is 31.2. The molecule has 2 aromatic heterocycles. The lowest BCUT2D eigenvalue weighted by atomic mass is 9.89. The van der Waals surface area contributed by atoms with Gasteiger partial charge in [0.2, 0.25) is 23.2 Å². The number of rotatable bonds is 10. The van der Waals surface area contributed by atoms with E-state index < -0.39 is 23.3 Å². The van der Waals surface area contributed by atoms with Gasteiger partial charge in [0.15, 0.2) is 16.6 Å². The number of nitrogens with two attached hydrogens (primary N) is 1. The molecular weight excluding hydrogens is 586 g/mol. The highest BCUT2D eigenvalue weighted by Gasteiger charge is 2.55. The third-order valence-corrected chi connectivity index (χ3v) is 10.3. The number of carbonyl (C=O) groups excluding carboxylic acids is 2. The molecule has 0 spiro atoms. The van der Waals surface area contributed by atoms with Gasteiger partial charge in [0.1, 0.15) is 6.54 Å². The average molecular weight is 619 g/mol. The van der Waals surface area contributed by atoms with E-state index in [9.17, 15) is 19.5 Å². The first-order valence-corrected chi connectivity index (χ1v) is 15.3. The molecule has 0 aromatic carbocycles. The van der Waals surface area contributed by atoms with Gasteiger partial charge < -0.3 is 25.5 Å². The van der Waals surface area contributed by atoms with Gasteiger partial charge in [-0.1, -0.05) is 5.16 Å². The molecule has 6 heterocycles. The molecule has 42 heavy (non-hydrogen) atoms. The number of carbonyl (C=O) groups is 3. The third kappa shape index (κ3) is 5.16. The van der Waals surface area contributed by atoms with E-state index in [1.165, 1.54) is 13.8 Å². The number of ketones is 1. The summed E-state index contributed by atoms with van der Waals surface area (Å²) in [6, 6.07) is 0. The smallest absolute Gasteiger partial charge is 0.350 e. The van der Waals surface area contributed by atoms with Crippen LogP contribution < -0.4 is 11.1 Å². The van der Waals surface area contributed by atoms with Crippen LogP contribution in [0.15, 0.2) is 10.7 Å². The van der Waals surface area contributed by atoms with Gasteiger partial charge in [0.05, 0.1) is 37.1 Å². The number of tetrazole rings is 1. The molecule has 6 rings (SSSR count). The van der Waals surface area contributed by atoms with E-state index in [0.29, 0.717) is 29.1 Å². The maximum absolute atomic E-state index is 13.7. The number of amides is 1. The predicted octanol–water partition coefficient (Wildman–Crippen LogP) is -0.585. The molecule has 5 N–H and O–H groups in total. The van der Waals surface area contributed by atoms with Crippen molar-refractivity contribution in [2.45, 2.75) is 31.2 Å². The van der Waals surface area contributed by atoms with Crippen LogP contribution in [0, 0.1) is 17.8 Å². The standard InChI is InChI=1S/C24H31N11O5S2/c1-24(2,22(38)39)40-30-16(18-27-23(25)42-31-18)15(36)4-14-20(37)34-17(19-28-32-33-29-19)13(10-41-21(14)34)9-35(3)7-11-5-26-6-12(11)8-35/h11-12,14,21,26H,4-10H2,1-3H3,(H3-,25,27,28,29,31,32,33,38,39)/p+1/b30-16+/t11-,12+,14-,21-,35?/m1/s1. The Morgan fingerprint density at radius 2 is 2.02 bits per heavy atom. The zero-order chi connectivity index (χ0) is 29.8. The van der Waals surface area contributed by atoms with Crippen LogP contribution in [0.4, 0.5) is 5.13 Å². The lowest BCUT2D eigenvalue weighted by Crippen LogP contribution is -2.61. The number of likely N-dealkylation sites (tertiary alicyclic amines) is 1. The average Bonchev–Trinajstić information content (AvgIpc) is 3.73. The predicted molar refractivity (Wildman–Crippen MR) is 152 cm³/mol. The van der Waals surface area contributed by atoms with Gasteiger partial charge in [-0.3, -0.25) is 14.5 Å². The van der Waals surface area contributed by atoms with E-state index in [1.807, 2.05) is 0 Å². The molecule has 1 unspecified atom stereocenters. The van der Waals surface area contributed by atoms with Crippen molar-refractivity contribution in [1.82, 2.24) is 40.2 Å². The van der Waals surface area contributed by atoms with Gasteiger partial charge in [-0.2, -0.15) is 14.6 Å². The number of Topliss-reactive ketones (excluding diaryl/α,β-unsaturated/α-hetero) is 1. The molecule has 4 aliphatic rings. The van der Waals surface area contributed by atoms with Crippen molar-refractivity contribution in [3.63, 3.8) is 0 Å². The molecule has 0 radical (unpaired) electrons. The maximum Gasteiger partial charge on any atom is 0.350 e. The summed E-state index contributed by atoms with van der Waals surface area (Å²) >= 11 is 2.46. The van der Waals surface area contributed by atoms with Gasteiger partial charge in [0, 0.05) is 54.2 Å². The zero-order valence-electron chi connectivity index (χ0n) is 23.3. The van der Waals surface area contributed by atoms with Crippen LogP contribution in [0.25, 0.3) is 5.70 Å². The summed E-state index contributed by atoms with van der Waals surface area (Å²) < 4.78 is 4.94. The normalized spacial score (nSPS) is 29.4. The molecule has 0 bridgehead atoms. The van der Waals surface area contributed by atoms with E-state index >= 15 is 0 Å². The van der Waals surface area contributed by atoms with Crippen molar-refractivity contribution in [2.24, 2.45) is 22.9 Å². The number of H-pyrrole nitrogens is 1. The van der Waals surface area contributed by atoms with Crippen LogP contribution in [0.5, 0.6) is 0 Å². The number of nitrogens with one attached hydrogen (secondary N) is 2. The Kier molecular flexibility index (Phi) is 7.27. The number of likely N-dealkylation sites (N-methyl/N-ethyl adjacent to an activating group) is 1.